The van der Waals surface area contributed by atoms with Crippen LogP contribution < -0.4 is 5.32 Å². The first-order valence-electron chi connectivity index (χ1n) is 8.37. The Morgan fingerprint density at radius 3 is 2.62 bits per heavy atom. The summed E-state index contributed by atoms with van der Waals surface area (Å²) in [4.78, 5) is 12.8. The first-order valence-corrected chi connectivity index (χ1v) is 10.2. The molecule has 0 bridgehead atoms. The van der Waals surface area contributed by atoms with Crippen molar-refractivity contribution >= 4 is 33.2 Å². The maximum absolute atomic E-state index is 13.0. The minimum Gasteiger partial charge on any atom is -0.326 e. The minimum atomic E-state index is -3.68. The van der Waals surface area contributed by atoms with Crippen LogP contribution in [0.2, 0.25) is 5.02 Å². The number of aromatic nitrogens is 2. The Labute approximate surface area is 157 Å². The molecule has 1 fully saturated rings. The molecule has 7 nitrogen and oxygen atoms in total. The number of nitrogens with zero attached hydrogens (tertiary/aromatic N) is 2. The molecular weight excluding hydrogens is 376 g/mol. The van der Waals surface area contributed by atoms with Gasteiger partial charge < -0.3 is 5.32 Å². The molecule has 26 heavy (non-hydrogen) atoms. The lowest BCUT2D eigenvalue weighted by Crippen LogP contribution is -2.43. The van der Waals surface area contributed by atoms with E-state index < -0.39 is 15.9 Å². The fourth-order valence-electron chi connectivity index (χ4n) is 3.20. The summed E-state index contributed by atoms with van der Waals surface area (Å²) in [6.45, 7) is 3.90. The minimum absolute atomic E-state index is 0.159. The summed E-state index contributed by atoms with van der Waals surface area (Å²) >= 11 is 5.85. The number of aromatic amines is 1. The first kappa shape index (κ1) is 18.9. The van der Waals surface area contributed by atoms with E-state index in [1.54, 1.807) is 38.1 Å². The number of benzene rings is 1. The van der Waals surface area contributed by atoms with Gasteiger partial charge in [-0.3, -0.25) is 9.89 Å². The predicted molar refractivity (Wildman–Crippen MR) is 99.6 cm³/mol. The third-order valence-electron chi connectivity index (χ3n) is 4.53. The van der Waals surface area contributed by atoms with Gasteiger partial charge >= 0.3 is 0 Å². The molecule has 2 heterocycles. The average molecular weight is 397 g/mol. The second-order valence-corrected chi connectivity index (χ2v) is 8.77. The zero-order valence-electron chi connectivity index (χ0n) is 14.6. The van der Waals surface area contributed by atoms with Crippen molar-refractivity contribution in [3.63, 3.8) is 0 Å². The van der Waals surface area contributed by atoms with Crippen LogP contribution in [-0.4, -0.2) is 41.9 Å². The van der Waals surface area contributed by atoms with Crippen molar-refractivity contribution in [2.24, 2.45) is 5.92 Å². The Morgan fingerprint density at radius 2 is 2.00 bits per heavy atom. The molecule has 1 aliphatic heterocycles. The zero-order chi connectivity index (χ0) is 18.9. The van der Waals surface area contributed by atoms with Crippen molar-refractivity contribution in [1.82, 2.24) is 14.5 Å². The smallest absolute Gasteiger partial charge is 0.246 e. The van der Waals surface area contributed by atoms with Gasteiger partial charge in [0.25, 0.3) is 0 Å². The molecular formula is C17H21ClN4O3S. The monoisotopic (exact) mass is 396 g/mol. The number of piperidine rings is 1. The van der Waals surface area contributed by atoms with Crippen LogP contribution in [-0.2, 0) is 14.8 Å². The molecule has 1 atom stereocenters. The van der Waals surface area contributed by atoms with Gasteiger partial charge in [0.1, 0.15) is 4.90 Å². The lowest BCUT2D eigenvalue weighted by atomic mass is 9.99. The normalized spacial score (nSPS) is 18.7. The number of rotatable bonds is 4. The molecule has 0 spiro atoms. The molecule has 2 aromatic rings. The van der Waals surface area contributed by atoms with Crippen LogP contribution in [0.25, 0.3) is 0 Å². The summed E-state index contributed by atoms with van der Waals surface area (Å²) in [5.41, 5.74) is 1.59. The topological polar surface area (TPSA) is 95.2 Å². The summed E-state index contributed by atoms with van der Waals surface area (Å²) < 4.78 is 27.3. The number of sulfonamides is 1. The number of halogens is 1. The second-order valence-electron chi connectivity index (χ2n) is 6.46. The fraction of sp³-hybridized carbons (Fsp3) is 0.412. The van der Waals surface area contributed by atoms with Gasteiger partial charge in [-0.2, -0.15) is 9.40 Å². The highest BCUT2D eigenvalue weighted by atomic mass is 35.5. The Balaban J connectivity index is 1.74. The Hall–Kier alpha value is -1.90. The molecule has 3 rings (SSSR count). The highest BCUT2D eigenvalue weighted by Crippen LogP contribution is 2.27. The number of carbonyl (C=O) groups excluding carboxylic acids is 1. The fourth-order valence-corrected chi connectivity index (χ4v) is 5.18. The lowest BCUT2D eigenvalue weighted by molar-refractivity contribution is -0.120. The number of nitrogens with one attached hydrogen (secondary N) is 2. The van der Waals surface area contributed by atoms with Crippen LogP contribution in [0, 0.1) is 19.8 Å². The SMILES string of the molecule is Cc1n[nH]c(C)c1S(=O)(=O)N1CCC[C@@H](C(=O)Nc2ccc(Cl)cc2)C1. The molecule has 1 aromatic heterocycles. The van der Waals surface area contributed by atoms with Crippen molar-refractivity contribution in [3.05, 3.63) is 40.7 Å². The van der Waals surface area contributed by atoms with Crippen LogP contribution in [0.4, 0.5) is 5.69 Å². The molecule has 9 heteroatoms. The van der Waals surface area contributed by atoms with Gasteiger partial charge in [0.2, 0.25) is 15.9 Å². The third-order valence-corrected chi connectivity index (χ3v) is 6.91. The number of carbonyl (C=O) groups is 1. The van der Waals surface area contributed by atoms with E-state index in [9.17, 15) is 13.2 Å². The molecule has 1 aliphatic rings. The highest BCUT2D eigenvalue weighted by molar-refractivity contribution is 7.89. The Bertz CT molecular complexity index is 889. The standard InChI is InChI=1S/C17H21ClN4O3S/c1-11-16(12(2)21-20-11)26(24,25)22-9-3-4-13(10-22)17(23)19-15-7-5-14(18)6-8-15/h5-8,13H,3-4,9-10H2,1-2H3,(H,19,23)(H,20,21)/t13-/m1/s1. The van der Waals surface area contributed by atoms with E-state index >= 15 is 0 Å². The van der Waals surface area contributed by atoms with Crippen molar-refractivity contribution in [2.75, 3.05) is 18.4 Å². The lowest BCUT2D eigenvalue weighted by Gasteiger charge is -2.31. The number of anilines is 1. The number of H-pyrrole nitrogens is 1. The van der Waals surface area contributed by atoms with E-state index in [1.807, 2.05) is 0 Å². The first-order chi connectivity index (χ1) is 12.3. The Morgan fingerprint density at radius 1 is 1.31 bits per heavy atom. The quantitative estimate of drug-likeness (QED) is 0.830. The third kappa shape index (κ3) is 3.77. The molecule has 1 saturated heterocycles. The van der Waals surface area contributed by atoms with Gasteiger partial charge in [-0.05, 0) is 51.0 Å². The number of hydrogen-bond acceptors (Lipinski definition) is 4. The largest absolute Gasteiger partial charge is 0.326 e. The van der Waals surface area contributed by atoms with Gasteiger partial charge in [0.05, 0.1) is 17.3 Å². The van der Waals surface area contributed by atoms with E-state index in [0.29, 0.717) is 41.5 Å². The van der Waals surface area contributed by atoms with Gasteiger partial charge in [0, 0.05) is 23.8 Å². The number of amides is 1. The summed E-state index contributed by atoms with van der Waals surface area (Å²) in [7, 11) is -3.68. The summed E-state index contributed by atoms with van der Waals surface area (Å²) in [5, 5.41) is 10.1. The molecule has 2 N–H and O–H groups in total. The van der Waals surface area contributed by atoms with Crippen LogP contribution in [0.5, 0.6) is 0 Å². The van der Waals surface area contributed by atoms with E-state index in [2.05, 4.69) is 15.5 Å². The number of aryl methyl sites for hydroxylation is 2. The highest BCUT2D eigenvalue weighted by Gasteiger charge is 2.35. The molecule has 1 amide bonds. The van der Waals surface area contributed by atoms with Crippen molar-refractivity contribution in [1.29, 1.82) is 0 Å². The van der Waals surface area contributed by atoms with E-state index in [4.69, 9.17) is 11.6 Å². The molecule has 1 aromatic carbocycles. The van der Waals surface area contributed by atoms with E-state index in [0.717, 1.165) is 0 Å². The van der Waals surface area contributed by atoms with Crippen LogP contribution >= 0.6 is 11.6 Å². The molecule has 0 radical (unpaired) electrons. The second kappa shape index (κ2) is 7.38. The van der Waals surface area contributed by atoms with Crippen LogP contribution in [0.3, 0.4) is 0 Å². The summed E-state index contributed by atoms with van der Waals surface area (Å²) in [6.07, 6.45) is 1.28. The van der Waals surface area contributed by atoms with Crippen LogP contribution in [0.1, 0.15) is 24.2 Å². The Kier molecular flexibility index (Phi) is 5.36. The molecule has 0 saturated carbocycles. The maximum Gasteiger partial charge on any atom is 0.246 e. The van der Waals surface area contributed by atoms with Crippen molar-refractivity contribution in [3.8, 4) is 0 Å². The zero-order valence-corrected chi connectivity index (χ0v) is 16.2. The average Bonchev–Trinajstić information content (AvgIpc) is 2.96. The van der Waals surface area contributed by atoms with Gasteiger partial charge in [-0.25, -0.2) is 8.42 Å². The van der Waals surface area contributed by atoms with Crippen molar-refractivity contribution < 1.29 is 13.2 Å². The van der Waals surface area contributed by atoms with Crippen molar-refractivity contribution in [2.45, 2.75) is 31.6 Å². The molecule has 0 unspecified atom stereocenters. The van der Waals surface area contributed by atoms with E-state index in [-0.39, 0.29) is 17.3 Å². The molecule has 140 valence electrons. The van der Waals surface area contributed by atoms with E-state index in [1.165, 1.54) is 4.31 Å². The predicted octanol–water partition coefficient (Wildman–Crippen LogP) is 2.72. The van der Waals surface area contributed by atoms with Gasteiger partial charge in [-0.1, -0.05) is 11.6 Å². The number of hydrogen-bond donors (Lipinski definition) is 2. The van der Waals surface area contributed by atoms with Crippen LogP contribution in [0.15, 0.2) is 29.2 Å². The molecule has 0 aliphatic carbocycles. The summed E-state index contributed by atoms with van der Waals surface area (Å²) in [5.74, 6) is -0.588. The maximum atomic E-state index is 13.0. The summed E-state index contributed by atoms with van der Waals surface area (Å²) in [6, 6.07) is 6.82. The van der Waals surface area contributed by atoms with Gasteiger partial charge in [-0.15, -0.1) is 0 Å². The van der Waals surface area contributed by atoms with Gasteiger partial charge in [0.15, 0.2) is 0 Å².